The predicted molar refractivity (Wildman–Crippen MR) is 119 cm³/mol. The van der Waals surface area contributed by atoms with Gasteiger partial charge in [0.05, 0.1) is 29.8 Å². The van der Waals surface area contributed by atoms with E-state index in [-0.39, 0.29) is 29.4 Å². The number of hydrogen-bond acceptors (Lipinski definition) is 6. The van der Waals surface area contributed by atoms with Crippen LogP contribution in [-0.4, -0.2) is 42.0 Å². The first kappa shape index (κ1) is 23.3. The highest BCUT2D eigenvalue weighted by molar-refractivity contribution is 8.00. The van der Waals surface area contributed by atoms with Crippen molar-refractivity contribution in [3.8, 4) is 5.75 Å². The van der Waals surface area contributed by atoms with Crippen molar-refractivity contribution in [1.29, 1.82) is 0 Å². The van der Waals surface area contributed by atoms with E-state index >= 15 is 0 Å². The minimum absolute atomic E-state index is 0.133. The molecule has 0 unspecified atom stereocenters. The molecule has 2 rings (SSSR count). The van der Waals surface area contributed by atoms with E-state index in [0.717, 1.165) is 5.75 Å². The van der Waals surface area contributed by atoms with Gasteiger partial charge in [-0.05, 0) is 69.3 Å². The van der Waals surface area contributed by atoms with Crippen molar-refractivity contribution < 1.29 is 23.9 Å². The van der Waals surface area contributed by atoms with Gasteiger partial charge in [-0.15, -0.1) is 11.8 Å². The molecular weight excluding hydrogens is 404 g/mol. The molecule has 0 bridgehead atoms. The van der Waals surface area contributed by atoms with Crippen molar-refractivity contribution in [1.82, 2.24) is 0 Å². The van der Waals surface area contributed by atoms with Crippen LogP contribution in [0.1, 0.15) is 31.1 Å². The fourth-order valence-electron chi connectivity index (χ4n) is 2.40. The Morgan fingerprint density at radius 2 is 1.37 bits per heavy atom. The topological polar surface area (TPSA) is 93.7 Å². The molecule has 0 fully saturated rings. The summed E-state index contributed by atoms with van der Waals surface area (Å²) in [5, 5.41) is 5.51. The molecule has 0 aliphatic rings. The average molecular weight is 431 g/mol. The van der Waals surface area contributed by atoms with Gasteiger partial charge in [-0.2, -0.15) is 0 Å². The molecular formula is C22H26N2O5S. The lowest BCUT2D eigenvalue weighted by atomic mass is 10.2. The van der Waals surface area contributed by atoms with Gasteiger partial charge < -0.3 is 20.1 Å². The summed E-state index contributed by atoms with van der Waals surface area (Å²) in [6, 6.07) is 13.6. The van der Waals surface area contributed by atoms with E-state index in [4.69, 9.17) is 9.47 Å². The Hall–Kier alpha value is -3.00. The summed E-state index contributed by atoms with van der Waals surface area (Å²) < 4.78 is 10.5. The second-order valence-corrected chi connectivity index (χ2v) is 7.56. The molecule has 0 aliphatic heterocycles. The largest absolute Gasteiger partial charge is 0.494 e. The summed E-state index contributed by atoms with van der Waals surface area (Å²) >= 11 is 1.21. The number of carbonyl (C=O) groups is 3. The van der Waals surface area contributed by atoms with Gasteiger partial charge in [0.25, 0.3) is 0 Å². The molecule has 0 saturated heterocycles. The molecule has 0 aromatic heterocycles. The van der Waals surface area contributed by atoms with Crippen molar-refractivity contribution in [2.75, 3.05) is 28.7 Å². The Bertz CT molecular complexity index is 851. The molecule has 0 saturated carbocycles. The van der Waals surface area contributed by atoms with Gasteiger partial charge >= 0.3 is 5.97 Å². The third kappa shape index (κ3) is 8.16. The van der Waals surface area contributed by atoms with Crippen LogP contribution in [0, 0.1) is 0 Å². The van der Waals surface area contributed by atoms with Crippen molar-refractivity contribution in [3.05, 3.63) is 54.1 Å². The van der Waals surface area contributed by atoms with Crippen LogP contribution in [0.15, 0.2) is 48.5 Å². The first-order chi connectivity index (χ1) is 14.4. The van der Waals surface area contributed by atoms with Crippen LogP contribution in [0.2, 0.25) is 0 Å². The van der Waals surface area contributed by atoms with E-state index < -0.39 is 5.97 Å². The van der Waals surface area contributed by atoms with Crippen LogP contribution in [0.4, 0.5) is 11.4 Å². The lowest BCUT2D eigenvalue weighted by Gasteiger charge is -2.09. The maximum atomic E-state index is 12.0. The number of nitrogens with one attached hydrogen (secondary N) is 2. The highest BCUT2D eigenvalue weighted by atomic mass is 32.2. The van der Waals surface area contributed by atoms with E-state index in [9.17, 15) is 14.4 Å². The lowest BCUT2D eigenvalue weighted by molar-refractivity contribution is -0.114. The molecule has 0 atom stereocenters. The maximum Gasteiger partial charge on any atom is 0.338 e. The Kier molecular flexibility index (Phi) is 9.21. The molecule has 2 aromatic rings. The zero-order chi connectivity index (χ0) is 21.9. The lowest BCUT2D eigenvalue weighted by Crippen LogP contribution is -2.18. The highest BCUT2D eigenvalue weighted by Crippen LogP contribution is 2.16. The molecule has 160 valence electrons. The molecule has 0 radical (unpaired) electrons. The Balaban J connectivity index is 1.71. The zero-order valence-corrected chi connectivity index (χ0v) is 18.1. The van der Waals surface area contributed by atoms with Gasteiger partial charge in [-0.1, -0.05) is 0 Å². The molecule has 7 nitrogen and oxygen atoms in total. The maximum absolute atomic E-state index is 12.0. The second kappa shape index (κ2) is 11.9. The number of amides is 2. The van der Waals surface area contributed by atoms with E-state index in [1.54, 1.807) is 62.4 Å². The van der Waals surface area contributed by atoms with Gasteiger partial charge in [-0.3, -0.25) is 9.59 Å². The van der Waals surface area contributed by atoms with Crippen molar-refractivity contribution in [2.24, 2.45) is 0 Å². The fourth-order valence-corrected chi connectivity index (χ4v) is 3.02. The number of rotatable bonds is 10. The second-order valence-electron chi connectivity index (χ2n) is 6.58. The Morgan fingerprint density at radius 3 is 1.83 bits per heavy atom. The number of benzene rings is 2. The number of carbonyl (C=O) groups excluding carboxylic acids is 3. The van der Waals surface area contributed by atoms with E-state index in [2.05, 4.69) is 10.6 Å². The number of hydrogen-bond donors (Lipinski definition) is 2. The first-order valence-electron chi connectivity index (χ1n) is 9.58. The van der Waals surface area contributed by atoms with Crippen LogP contribution < -0.4 is 15.4 Å². The molecule has 30 heavy (non-hydrogen) atoms. The predicted octanol–water partition coefficient (Wildman–Crippen LogP) is 3.96. The van der Waals surface area contributed by atoms with E-state index in [1.807, 2.05) is 6.92 Å². The Morgan fingerprint density at radius 1 is 0.867 bits per heavy atom. The normalized spacial score (nSPS) is 10.4. The van der Waals surface area contributed by atoms with Gasteiger partial charge in [-0.25, -0.2) is 4.79 Å². The minimum atomic E-state index is -0.406. The van der Waals surface area contributed by atoms with Crippen LogP contribution in [-0.2, 0) is 14.3 Å². The summed E-state index contributed by atoms with van der Waals surface area (Å²) in [7, 11) is 0. The van der Waals surface area contributed by atoms with E-state index in [1.165, 1.54) is 11.8 Å². The van der Waals surface area contributed by atoms with Crippen LogP contribution >= 0.6 is 11.8 Å². The summed E-state index contributed by atoms with van der Waals surface area (Å²) in [6.45, 7) is 6.05. The summed E-state index contributed by atoms with van der Waals surface area (Å²) in [4.78, 5) is 35.9. The summed E-state index contributed by atoms with van der Waals surface area (Å²) in [6.07, 6.45) is -0.194. The first-order valence-corrected chi connectivity index (χ1v) is 10.7. The number of anilines is 2. The summed E-state index contributed by atoms with van der Waals surface area (Å²) in [5.41, 5.74) is 1.66. The zero-order valence-electron chi connectivity index (χ0n) is 17.3. The minimum Gasteiger partial charge on any atom is -0.494 e. The van der Waals surface area contributed by atoms with Crippen molar-refractivity contribution in [2.45, 2.75) is 26.9 Å². The summed E-state index contributed by atoms with van der Waals surface area (Å²) in [5.74, 6) is 0.203. The highest BCUT2D eigenvalue weighted by Gasteiger charge is 2.10. The molecule has 2 amide bonds. The quantitative estimate of drug-likeness (QED) is 0.554. The van der Waals surface area contributed by atoms with Gasteiger partial charge in [0.2, 0.25) is 11.8 Å². The van der Waals surface area contributed by atoms with E-state index in [0.29, 0.717) is 23.5 Å². The molecule has 0 spiro atoms. The molecule has 8 heteroatoms. The molecule has 0 aliphatic carbocycles. The van der Waals surface area contributed by atoms with Gasteiger partial charge in [0.15, 0.2) is 0 Å². The van der Waals surface area contributed by atoms with Gasteiger partial charge in [0.1, 0.15) is 5.75 Å². The number of thioether (sulfide) groups is 1. The Labute approximate surface area is 180 Å². The molecule has 2 N–H and O–H groups in total. The molecule has 0 heterocycles. The molecule has 2 aromatic carbocycles. The monoisotopic (exact) mass is 430 g/mol. The standard InChI is InChI=1S/C22H26N2O5S/c1-4-28-19-11-9-18(10-12-19)24-21(26)14-30-13-20(25)23-17-7-5-16(6-8-17)22(27)29-15(2)3/h5-12,15H,4,13-14H2,1-3H3,(H,23,25)(H,24,26). The van der Waals surface area contributed by atoms with Crippen LogP contribution in [0.25, 0.3) is 0 Å². The SMILES string of the molecule is CCOc1ccc(NC(=O)CSCC(=O)Nc2ccc(C(=O)OC(C)C)cc2)cc1. The number of ether oxygens (including phenoxy) is 2. The number of esters is 1. The van der Waals surface area contributed by atoms with Gasteiger partial charge in [0, 0.05) is 11.4 Å². The van der Waals surface area contributed by atoms with Crippen molar-refractivity contribution >= 4 is 40.9 Å². The third-order valence-electron chi connectivity index (χ3n) is 3.66. The average Bonchev–Trinajstić information content (AvgIpc) is 2.69. The third-order valence-corrected chi connectivity index (χ3v) is 4.60. The van der Waals surface area contributed by atoms with Crippen molar-refractivity contribution in [3.63, 3.8) is 0 Å². The van der Waals surface area contributed by atoms with Crippen LogP contribution in [0.3, 0.4) is 0 Å². The van der Waals surface area contributed by atoms with Crippen LogP contribution in [0.5, 0.6) is 5.75 Å². The fraction of sp³-hybridized carbons (Fsp3) is 0.318. The smallest absolute Gasteiger partial charge is 0.338 e.